The number of nitrogens with zero attached hydrogens (tertiary/aromatic N) is 2. The van der Waals surface area contributed by atoms with Crippen LogP contribution in [0, 0.1) is 0 Å². The first-order valence-electron chi connectivity index (χ1n) is 3.58. The lowest BCUT2D eigenvalue weighted by atomic mass is 10.1. The molecular weight excluding hydrogens is 150 g/mol. The summed E-state index contributed by atoms with van der Waals surface area (Å²) in [5.74, 6) is 0.484. The van der Waals surface area contributed by atoms with Crippen LogP contribution >= 0.6 is 0 Å². The average Bonchev–Trinajstić information content (AvgIpc) is 2.16. The lowest BCUT2D eigenvalue weighted by Gasteiger charge is -2.02. The fourth-order valence-electron chi connectivity index (χ4n) is 0.949. The third-order valence-electron chi connectivity index (χ3n) is 1.59. The summed E-state index contributed by atoms with van der Waals surface area (Å²) in [5, 5.41) is 0. The van der Waals surface area contributed by atoms with Crippen LogP contribution in [0.5, 0.6) is 0 Å². The molecule has 0 saturated heterocycles. The van der Waals surface area contributed by atoms with E-state index in [1.165, 1.54) is 0 Å². The SMILES string of the molecule is C=Nc1ccccc1C(N)=NC. The molecule has 12 heavy (non-hydrogen) atoms. The van der Waals surface area contributed by atoms with Gasteiger partial charge in [-0.1, -0.05) is 12.1 Å². The van der Waals surface area contributed by atoms with Crippen molar-refractivity contribution in [3.8, 4) is 0 Å². The van der Waals surface area contributed by atoms with Gasteiger partial charge in [-0.25, -0.2) is 0 Å². The summed E-state index contributed by atoms with van der Waals surface area (Å²) in [5.41, 5.74) is 7.23. The Morgan fingerprint density at radius 3 is 2.67 bits per heavy atom. The molecule has 0 fully saturated rings. The quantitative estimate of drug-likeness (QED) is 0.516. The Hall–Kier alpha value is -1.64. The standard InChI is InChI=1S/C9H11N3/c1-11-8-6-4-3-5-7(8)9(10)12-2/h3-6H,1H2,2H3,(H2,10,12). The molecule has 1 rings (SSSR count). The van der Waals surface area contributed by atoms with E-state index in [9.17, 15) is 0 Å². The van der Waals surface area contributed by atoms with Crippen molar-refractivity contribution in [3.05, 3.63) is 29.8 Å². The molecule has 0 aliphatic carbocycles. The molecule has 0 amide bonds. The Morgan fingerprint density at radius 1 is 1.42 bits per heavy atom. The molecule has 0 spiro atoms. The molecule has 0 aromatic heterocycles. The first-order chi connectivity index (χ1) is 5.79. The van der Waals surface area contributed by atoms with E-state index in [0.717, 1.165) is 11.3 Å². The van der Waals surface area contributed by atoms with Crippen molar-refractivity contribution in [1.82, 2.24) is 0 Å². The number of hydrogen-bond acceptors (Lipinski definition) is 2. The van der Waals surface area contributed by atoms with Crippen LogP contribution in [0.4, 0.5) is 5.69 Å². The number of aliphatic imine (C=N–C) groups is 2. The molecule has 0 aliphatic rings. The summed E-state index contributed by atoms with van der Waals surface area (Å²) < 4.78 is 0. The molecular formula is C9H11N3. The fourth-order valence-corrected chi connectivity index (χ4v) is 0.949. The smallest absolute Gasteiger partial charge is 0.127 e. The minimum Gasteiger partial charge on any atom is -0.383 e. The lowest BCUT2D eigenvalue weighted by Crippen LogP contribution is -2.12. The molecule has 0 saturated carbocycles. The second kappa shape index (κ2) is 3.67. The highest BCUT2D eigenvalue weighted by Gasteiger charge is 2.01. The maximum absolute atomic E-state index is 5.63. The van der Waals surface area contributed by atoms with Gasteiger partial charge < -0.3 is 5.73 Å². The van der Waals surface area contributed by atoms with E-state index in [0.29, 0.717) is 5.84 Å². The van der Waals surface area contributed by atoms with Crippen molar-refractivity contribution < 1.29 is 0 Å². The summed E-state index contributed by atoms with van der Waals surface area (Å²) in [6.07, 6.45) is 0. The minimum atomic E-state index is 0.484. The Morgan fingerprint density at radius 2 is 2.08 bits per heavy atom. The van der Waals surface area contributed by atoms with E-state index >= 15 is 0 Å². The molecule has 0 heterocycles. The van der Waals surface area contributed by atoms with Gasteiger partial charge in [0.2, 0.25) is 0 Å². The van der Waals surface area contributed by atoms with E-state index in [4.69, 9.17) is 5.73 Å². The van der Waals surface area contributed by atoms with Crippen molar-refractivity contribution in [2.45, 2.75) is 0 Å². The highest BCUT2D eigenvalue weighted by atomic mass is 14.8. The van der Waals surface area contributed by atoms with Gasteiger partial charge in [-0.3, -0.25) is 9.98 Å². The van der Waals surface area contributed by atoms with Crippen molar-refractivity contribution in [1.29, 1.82) is 0 Å². The van der Waals surface area contributed by atoms with Crippen LogP contribution in [-0.2, 0) is 0 Å². The Bertz CT molecular complexity index is 315. The Balaban J connectivity index is 3.22. The summed E-state index contributed by atoms with van der Waals surface area (Å²) in [7, 11) is 1.65. The summed E-state index contributed by atoms with van der Waals surface area (Å²) in [4.78, 5) is 7.70. The van der Waals surface area contributed by atoms with Gasteiger partial charge >= 0.3 is 0 Å². The zero-order valence-corrected chi connectivity index (χ0v) is 6.99. The number of amidine groups is 1. The Labute approximate surface area is 71.7 Å². The van der Waals surface area contributed by atoms with Gasteiger partial charge in [0, 0.05) is 12.6 Å². The van der Waals surface area contributed by atoms with E-state index in [2.05, 4.69) is 16.7 Å². The van der Waals surface area contributed by atoms with Gasteiger partial charge in [-0.05, 0) is 18.9 Å². The van der Waals surface area contributed by atoms with Crippen LogP contribution in [0.2, 0.25) is 0 Å². The summed E-state index contributed by atoms with van der Waals surface area (Å²) >= 11 is 0. The van der Waals surface area contributed by atoms with Gasteiger partial charge in [0.25, 0.3) is 0 Å². The van der Waals surface area contributed by atoms with Crippen LogP contribution < -0.4 is 5.73 Å². The van der Waals surface area contributed by atoms with Gasteiger partial charge in [-0.15, -0.1) is 0 Å². The van der Waals surface area contributed by atoms with Gasteiger partial charge in [-0.2, -0.15) is 0 Å². The van der Waals surface area contributed by atoms with Gasteiger partial charge in [0.15, 0.2) is 0 Å². The van der Waals surface area contributed by atoms with Gasteiger partial charge in [0.1, 0.15) is 5.84 Å². The van der Waals surface area contributed by atoms with Crippen molar-refractivity contribution in [2.75, 3.05) is 7.05 Å². The third kappa shape index (κ3) is 1.50. The molecule has 0 aliphatic heterocycles. The normalized spacial score (nSPS) is 11.2. The molecule has 3 heteroatoms. The van der Waals surface area contributed by atoms with Crippen molar-refractivity contribution in [2.24, 2.45) is 15.7 Å². The lowest BCUT2D eigenvalue weighted by molar-refractivity contribution is 1.38. The number of benzene rings is 1. The molecule has 0 unspecified atom stereocenters. The largest absolute Gasteiger partial charge is 0.383 e. The number of para-hydroxylation sites is 1. The maximum atomic E-state index is 5.63. The Kier molecular flexibility index (Phi) is 2.58. The van der Waals surface area contributed by atoms with Crippen LogP contribution in [0.15, 0.2) is 34.3 Å². The van der Waals surface area contributed by atoms with Crippen LogP contribution in [0.3, 0.4) is 0 Å². The fraction of sp³-hybridized carbons (Fsp3) is 0.111. The van der Waals surface area contributed by atoms with E-state index in [-0.39, 0.29) is 0 Å². The minimum absolute atomic E-state index is 0.484. The predicted molar refractivity (Wildman–Crippen MR) is 52.3 cm³/mol. The number of nitrogens with two attached hydrogens (primary N) is 1. The number of rotatable bonds is 2. The predicted octanol–water partition coefficient (Wildman–Crippen LogP) is 1.35. The molecule has 62 valence electrons. The zero-order valence-electron chi connectivity index (χ0n) is 6.99. The molecule has 2 N–H and O–H groups in total. The topological polar surface area (TPSA) is 50.7 Å². The van der Waals surface area contributed by atoms with Gasteiger partial charge in [0.05, 0.1) is 5.69 Å². The van der Waals surface area contributed by atoms with Crippen molar-refractivity contribution in [3.63, 3.8) is 0 Å². The average molecular weight is 161 g/mol. The molecule has 0 bridgehead atoms. The highest BCUT2D eigenvalue weighted by molar-refractivity contribution is 6.01. The first-order valence-corrected chi connectivity index (χ1v) is 3.58. The van der Waals surface area contributed by atoms with Crippen molar-refractivity contribution >= 4 is 18.2 Å². The van der Waals surface area contributed by atoms with E-state index < -0.39 is 0 Å². The summed E-state index contributed by atoms with van der Waals surface area (Å²) in [6, 6.07) is 7.49. The molecule has 0 radical (unpaired) electrons. The van der Waals surface area contributed by atoms with Crippen LogP contribution in [0.25, 0.3) is 0 Å². The highest BCUT2D eigenvalue weighted by Crippen LogP contribution is 2.16. The molecule has 3 nitrogen and oxygen atoms in total. The monoisotopic (exact) mass is 161 g/mol. The molecule has 0 atom stereocenters. The third-order valence-corrected chi connectivity index (χ3v) is 1.59. The second-order valence-corrected chi connectivity index (χ2v) is 2.28. The van der Waals surface area contributed by atoms with E-state index in [1.54, 1.807) is 7.05 Å². The van der Waals surface area contributed by atoms with Crippen LogP contribution in [-0.4, -0.2) is 19.6 Å². The van der Waals surface area contributed by atoms with Crippen LogP contribution in [0.1, 0.15) is 5.56 Å². The second-order valence-electron chi connectivity index (χ2n) is 2.28. The molecule has 1 aromatic rings. The number of hydrogen-bond donors (Lipinski definition) is 1. The molecule has 1 aromatic carbocycles. The zero-order chi connectivity index (χ0) is 8.97. The summed E-state index contributed by atoms with van der Waals surface area (Å²) in [6.45, 7) is 3.45. The van der Waals surface area contributed by atoms with E-state index in [1.807, 2.05) is 24.3 Å². The maximum Gasteiger partial charge on any atom is 0.127 e. The first kappa shape index (κ1) is 8.46.